The zero-order valence-corrected chi connectivity index (χ0v) is 10.2. The monoisotopic (exact) mass is 236 g/mol. The van der Waals surface area contributed by atoms with Crippen molar-refractivity contribution in [3.63, 3.8) is 0 Å². The molecule has 0 unspecified atom stereocenters. The number of amides is 2. The lowest BCUT2D eigenvalue weighted by molar-refractivity contribution is -0.119. The molecule has 0 radical (unpaired) electrons. The highest BCUT2D eigenvalue weighted by Gasteiger charge is 2.04. The first kappa shape index (κ1) is 13.2. The highest BCUT2D eigenvalue weighted by Crippen LogP contribution is 2.19. The van der Waals surface area contributed by atoms with E-state index in [2.05, 4.69) is 10.6 Å². The van der Waals surface area contributed by atoms with Crippen molar-refractivity contribution in [2.75, 3.05) is 24.4 Å². The smallest absolute Gasteiger partial charge is 0.250 e. The number of methoxy groups -OCH3 is 1. The van der Waals surface area contributed by atoms with Crippen molar-refractivity contribution in [2.45, 2.75) is 13.8 Å². The summed E-state index contributed by atoms with van der Waals surface area (Å²) in [6.07, 6.45) is 0. The van der Waals surface area contributed by atoms with Gasteiger partial charge in [0.15, 0.2) is 0 Å². The third kappa shape index (κ3) is 4.24. The van der Waals surface area contributed by atoms with Crippen molar-refractivity contribution in [1.82, 2.24) is 0 Å². The van der Waals surface area contributed by atoms with Crippen LogP contribution in [-0.4, -0.2) is 25.5 Å². The van der Waals surface area contributed by atoms with Crippen LogP contribution in [0.5, 0.6) is 0 Å². The fraction of sp³-hybridized carbons (Fsp3) is 0.333. The summed E-state index contributed by atoms with van der Waals surface area (Å²) in [6, 6.07) is 5.27. The minimum atomic E-state index is -0.209. The molecule has 5 heteroatoms. The van der Waals surface area contributed by atoms with E-state index in [4.69, 9.17) is 4.74 Å². The van der Waals surface area contributed by atoms with Gasteiger partial charge in [0.1, 0.15) is 6.61 Å². The molecule has 5 nitrogen and oxygen atoms in total. The van der Waals surface area contributed by atoms with Crippen LogP contribution in [0, 0.1) is 6.92 Å². The Balaban J connectivity index is 2.74. The fourth-order valence-corrected chi connectivity index (χ4v) is 1.40. The highest BCUT2D eigenvalue weighted by atomic mass is 16.5. The van der Waals surface area contributed by atoms with Crippen molar-refractivity contribution >= 4 is 23.2 Å². The van der Waals surface area contributed by atoms with Gasteiger partial charge in [-0.05, 0) is 30.7 Å². The number of anilines is 2. The number of carbonyl (C=O) groups is 2. The van der Waals surface area contributed by atoms with Crippen molar-refractivity contribution in [1.29, 1.82) is 0 Å². The Hall–Kier alpha value is -1.88. The number of hydrogen-bond acceptors (Lipinski definition) is 3. The number of carbonyl (C=O) groups excluding carboxylic acids is 2. The number of aryl methyl sites for hydroxylation is 1. The zero-order valence-electron chi connectivity index (χ0n) is 10.2. The topological polar surface area (TPSA) is 67.4 Å². The van der Waals surface area contributed by atoms with E-state index in [-0.39, 0.29) is 18.4 Å². The Labute approximate surface area is 100 Å². The standard InChI is InChI=1S/C12H16N2O3/c1-8-6-10(14-12(16)7-17-3)4-5-11(8)13-9(2)15/h4-6H,7H2,1-3H3,(H,13,15)(H,14,16). The Kier molecular flexibility index (Phi) is 4.66. The lowest BCUT2D eigenvalue weighted by atomic mass is 10.1. The molecule has 0 saturated heterocycles. The molecular weight excluding hydrogens is 220 g/mol. The van der Waals surface area contributed by atoms with Crippen molar-refractivity contribution < 1.29 is 14.3 Å². The minimum absolute atomic E-state index is 0.0203. The molecule has 0 aliphatic heterocycles. The first-order valence-corrected chi connectivity index (χ1v) is 5.20. The van der Waals surface area contributed by atoms with Crippen LogP contribution in [0.1, 0.15) is 12.5 Å². The van der Waals surface area contributed by atoms with E-state index in [1.54, 1.807) is 18.2 Å². The second-order valence-corrected chi connectivity index (χ2v) is 3.69. The van der Waals surface area contributed by atoms with E-state index in [0.29, 0.717) is 5.69 Å². The summed E-state index contributed by atoms with van der Waals surface area (Å²) in [5.74, 6) is -0.330. The number of rotatable bonds is 4. The van der Waals surface area contributed by atoms with Crippen LogP contribution in [-0.2, 0) is 14.3 Å². The normalized spacial score (nSPS) is 9.82. The largest absolute Gasteiger partial charge is 0.375 e. The Morgan fingerprint density at radius 3 is 2.53 bits per heavy atom. The van der Waals surface area contributed by atoms with E-state index in [1.165, 1.54) is 14.0 Å². The number of benzene rings is 1. The molecule has 0 atom stereocenters. The Morgan fingerprint density at radius 1 is 1.29 bits per heavy atom. The van der Waals surface area contributed by atoms with E-state index in [0.717, 1.165) is 11.3 Å². The maximum atomic E-state index is 11.3. The molecule has 1 aromatic rings. The molecule has 2 N–H and O–H groups in total. The van der Waals surface area contributed by atoms with Gasteiger partial charge in [-0.2, -0.15) is 0 Å². The van der Waals surface area contributed by atoms with Crippen LogP contribution < -0.4 is 10.6 Å². The number of ether oxygens (including phenoxy) is 1. The molecule has 92 valence electrons. The van der Waals surface area contributed by atoms with E-state index < -0.39 is 0 Å². The maximum absolute atomic E-state index is 11.3. The Bertz CT molecular complexity index is 430. The quantitative estimate of drug-likeness (QED) is 0.833. The van der Waals surface area contributed by atoms with Gasteiger partial charge in [-0.3, -0.25) is 9.59 Å². The number of nitrogens with one attached hydrogen (secondary N) is 2. The molecule has 0 aliphatic carbocycles. The average molecular weight is 236 g/mol. The van der Waals surface area contributed by atoms with E-state index >= 15 is 0 Å². The summed E-state index contributed by atoms with van der Waals surface area (Å²) >= 11 is 0. The minimum Gasteiger partial charge on any atom is -0.375 e. The van der Waals surface area contributed by atoms with Gasteiger partial charge >= 0.3 is 0 Å². The van der Waals surface area contributed by atoms with Crippen molar-refractivity contribution in [3.05, 3.63) is 23.8 Å². The summed E-state index contributed by atoms with van der Waals surface area (Å²) in [5.41, 5.74) is 2.30. The van der Waals surface area contributed by atoms with Crippen LogP contribution in [0.4, 0.5) is 11.4 Å². The van der Waals surface area contributed by atoms with Crippen LogP contribution in [0.2, 0.25) is 0 Å². The van der Waals surface area contributed by atoms with E-state index in [9.17, 15) is 9.59 Å². The molecule has 1 rings (SSSR count). The molecule has 17 heavy (non-hydrogen) atoms. The molecule has 1 aromatic carbocycles. The fourth-order valence-electron chi connectivity index (χ4n) is 1.40. The van der Waals surface area contributed by atoms with Gasteiger partial charge in [-0.25, -0.2) is 0 Å². The zero-order chi connectivity index (χ0) is 12.8. The molecule has 0 saturated carbocycles. The first-order valence-electron chi connectivity index (χ1n) is 5.20. The third-order valence-electron chi connectivity index (χ3n) is 2.10. The van der Waals surface area contributed by atoms with Crippen molar-refractivity contribution in [3.8, 4) is 0 Å². The number of hydrogen-bond donors (Lipinski definition) is 2. The second kappa shape index (κ2) is 6.00. The lowest BCUT2D eigenvalue weighted by Gasteiger charge is -2.09. The SMILES string of the molecule is COCC(=O)Nc1ccc(NC(C)=O)c(C)c1. The summed E-state index contributed by atoms with van der Waals surface area (Å²) in [6.45, 7) is 3.33. The van der Waals surface area contributed by atoms with Gasteiger partial charge in [0, 0.05) is 25.4 Å². The van der Waals surface area contributed by atoms with Gasteiger partial charge in [0.2, 0.25) is 11.8 Å². The summed E-state index contributed by atoms with van der Waals surface area (Å²) in [4.78, 5) is 22.2. The summed E-state index contributed by atoms with van der Waals surface area (Å²) < 4.78 is 4.71. The van der Waals surface area contributed by atoms with E-state index in [1.807, 2.05) is 6.92 Å². The third-order valence-corrected chi connectivity index (χ3v) is 2.10. The molecule has 0 spiro atoms. The predicted molar refractivity (Wildman–Crippen MR) is 66.0 cm³/mol. The molecule has 2 amide bonds. The summed E-state index contributed by atoms with van der Waals surface area (Å²) in [7, 11) is 1.46. The highest BCUT2D eigenvalue weighted by molar-refractivity contribution is 5.93. The van der Waals surface area contributed by atoms with Gasteiger partial charge in [0.05, 0.1) is 0 Å². The van der Waals surface area contributed by atoms with Crippen molar-refractivity contribution in [2.24, 2.45) is 0 Å². The molecule has 0 bridgehead atoms. The van der Waals surface area contributed by atoms with Crippen LogP contribution in [0.15, 0.2) is 18.2 Å². The maximum Gasteiger partial charge on any atom is 0.250 e. The first-order chi connectivity index (χ1) is 8.02. The lowest BCUT2D eigenvalue weighted by Crippen LogP contribution is -2.17. The second-order valence-electron chi connectivity index (χ2n) is 3.69. The van der Waals surface area contributed by atoms with Crippen LogP contribution >= 0.6 is 0 Å². The van der Waals surface area contributed by atoms with Gasteiger partial charge in [-0.1, -0.05) is 0 Å². The molecule has 0 fully saturated rings. The van der Waals surface area contributed by atoms with Gasteiger partial charge in [-0.15, -0.1) is 0 Å². The molecule has 0 heterocycles. The van der Waals surface area contributed by atoms with Crippen LogP contribution in [0.25, 0.3) is 0 Å². The van der Waals surface area contributed by atoms with Crippen LogP contribution in [0.3, 0.4) is 0 Å². The Morgan fingerprint density at radius 2 is 2.00 bits per heavy atom. The summed E-state index contributed by atoms with van der Waals surface area (Å²) in [5, 5.41) is 5.39. The molecule has 0 aromatic heterocycles. The van der Waals surface area contributed by atoms with Gasteiger partial charge in [0.25, 0.3) is 0 Å². The van der Waals surface area contributed by atoms with Gasteiger partial charge < -0.3 is 15.4 Å². The molecular formula is C12H16N2O3. The molecule has 0 aliphatic rings. The average Bonchev–Trinajstić information content (AvgIpc) is 2.22. The predicted octanol–water partition coefficient (Wildman–Crippen LogP) is 1.54.